The summed E-state index contributed by atoms with van der Waals surface area (Å²) in [5.41, 5.74) is 0.428. The summed E-state index contributed by atoms with van der Waals surface area (Å²) in [6, 6.07) is 6.02. The molecule has 1 aromatic carbocycles. The summed E-state index contributed by atoms with van der Waals surface area (Å²) in [6.07, 6.45) is -4.56. The van der Waals surface area contributed by atoms with Crippen molar-refractivity contribution in [3.63, 3.8) is 0 Å². The lowest BCUT2D eigenvalue weighted by molar-refractivity contribution is -0.205. The van der Waals surface area contributed by atoms with Crippen molar-refractivity contribution >= 4 is 17.6 Å². The van der Waals surface area contributed by atoms with Gasteiger partial charge in [0.1, 0.15) is 6.10 Å². The second-order valence-corrected chi connectivity index (χ2v) is 3.90. The molecule has 0 saturated carbocycles. The Kier molecular flexibility index (Phi) is 4.78. The van der Waals surface area contributed by atoms with Crippen molar-refractivity contribution in [3.8, 4) is 0 Å². The molecule has 0 aliphatic carbocycles. The van der Waals surface area contributed by atoms with Crippen LogP contribution < -0.4 is 0 Å². The largest absolute Gasteiger partial charge is 0.490 e. The van der Waals surface area contributed by atoms with Gasteiger partial charge in [-0.2, -0.15) is 13.2 Å². The fourth-order valence-corrected chi connectivity index (χ4v) is 1.40. The Morgan fingerprint density at radius 3 is 2.39 bits per heavy atom. The lowest BCUT2D eigenvalue weighted by atomic mass is 10.1. The van der Waals surface area contributed by atoms with Crippen molar-refractivity contribution in [2.75, 3.05) is 0 Å². The van der Waals surface area contributed by atoms with Gasteiger partial charge in [0, 0.05) is 11.4 Å². The maximum atomic E-state index is 12.1. The average molecular weight is 279 g/mol. The Morgan fingerprint density at radius 1 is 1.39 bits per heavy atom. The van der Waals surface area contributed by atoms with Gasteiger partial charge in [0.15, 0.2) is 0 Å². The second kappa shape index (κ2) is 5.91. The topological polar surface area (TPSA) is 26.3 Å². The van der Waals surface area contributed by atoms with Gasteiger partial charge in [-0.25, -0.2) is 4.79 Å². The van der Waals surface area contributed by atoms with Gasteiger partial charge < -0.3 is 4.74 Å². The van der Waals surface area contributed by atoms with Gasteiger partial charge >= 0.3 is 12.1 Å². The van der Waals surface area contributed by atoms with Crippen LogP contribution in [0.1, 0.15) is 18.1 Å². The van der Waals surface area contributed by atoms with Crippen molar-refractivity contribution in [3.05, 3.63) is 47.5 Å². The number of carbonyl (C=O) groups excluding carboxylic acids is 1. The van der Waals surface area contributed by atoms with Crippen LogP contribution in [0.5, 0.6) is 0 Å². The van der Waals surface area contributed by atoms with Crippen molar-refractivity contribution in [1.82, 2.24) is 0 Å². The third-order valence-electron chi connectivity index (χ3n) is 2.10. The molecule has 0 aliphatic heterocycles. The van der Waals surface area contributed by atoms with Crippen molar-refractivity contribution in [1.29, 1.82) is 0 Å². The zero-order valence-corrected chi connectivity index (χ0v) is 9.96. The first kappa shape index (κ1) is 14.6. The Labute approximate surface area is 107 Å². The van der Waals surface area contributed by atoms with Gasteiger partial charge in [0.25, 0.3) is 0 Å². The van der Waals surface area contributed by atoms with E-state index in [1.165, 1.54) is 30.3 Å². The van der Waals surface area contributed by atoms with E-state index in [1.54, 1.807) is 0 Å². The molecule has 1 unspecified atom stereocenters. The molecule has 0 N–H and O–H groups in total. The molecule has 6 heteroatoms. The summed E-state index contributed by atoms with van der Waals surface area (Å²) in [5.74, 6) is -2.22. The van der Waals surface area contributed by atoms with E-state index in [9.17, 15) is 18.0 Å². The molecule has 1 atom stereocenters. The summed E-state index contributed by atoms with van der Waals surface area (Å²) in [5, 5.41) is 0.443. The number of ether oxygens (including phenoxy) is 1. The van der Waals surface area contributed by atoms with E-state index in [-0.39, 0.29) is 6.42 Å². The van der Waals surface area contributed by atoms with Gasteiger partial charge in [-0.15, -0.1) is 6.58 Å². The monoisotopic (exact) mass is 278 g/mol. The molecular weight excluding hydrogens is 269 g/mol. The van der Waals surface area contributed by atoms with Crippen LogP contribution >= 0.6 is 11.6 Å². The van der Waals surface area contributed by atoms with E-state index in [0.717, 1.165) is 0 Å². The van der Waals surface area contributed by atoms with E-state index < -0.39 is 18.2 Å². The van der Waals surface area contributed by atoms with E-state index >= 15 is 0 Å². The normalized spacial score (nSPS) is 12.9. The molecule has 18 heavy (non-hydrogen) atoms. The van der Waals surface area contributed by atoms with Gasteiger partial charge in [-0.05, 0) is 17.7 Å². The first-order chi connectivity index (χ1) is 8.34. The highest BCUT2D eigenvalue weighted by atomic mass is 35.5. The minimum absolute atomic E-state index is 0.0868. The lowest BCUT2D eigenvalue weighted by Crippen LogP contribution is -2.27. The Bertz CT molecular complexity index is 426. The smallest absolute Gasteiger partial charge is 0.451 e. The van der Waals surface area contributed by atoms with Gasteiger partial charge in [0.2, 0.25) is 0 Å². The number of rotatable bonds is 4. The van der Waals surface area contributed by atoms with Crippen LogP contribution in [0.2, 0.25) is 5.02 Å². The molecule has 0 aromatic heterocycles. The van der Waals surface area contributed by atoms with Gasteiger partial charge in [0.05, 0.1) is 0 Å². The molecule has 1 aromatic rings. The molecule has 0 aliphatic rings. The molecule has 1 rings (SSSR count). The quantitative estimate of drug-likeness (QED) is 0.613. The molecule has 0 spiro atoms. The summed E-state index contributed by atoms with van der Waals surface area (Å²) in [7, 11) is 0. The molecule has 2 nitrogen and oxygen atoms in total. The summed E-state index contributed by atoms with van der Waals surface area (Å²) in [6.45, 7) is 3.41. The van der Waals surface area contributed by atoms with Crippen molar-refractivity contribution in [2.45, 2.75) is 18.7 Å². The predicted octanol–water partition coefficient (Wildman–Crippen LogP) is 4.06. The molecule has 0 saturated heterocycles. The molecule has 0 amide bonds. The SMILES string of the molecule is C=CCC(OC(=O)C(F)(F)F)c1ccc(Cl)cc1. The summed E-state index contributed by atoms with van der Waals surface area (Å²) < 4.78 is 40.7. The minimum atomic E-state index is -5.01. The minimum Gasteiger partial charge on any atom is -0.451 e. The van der Waals surface area contributed by atoms with E-state index in [4.69, 9.17) is 11.6 Å². The van der Waals surface area contributed by atoms with Crippen LogP contribution in [0.15, 0.2) is 36.9 Å². The maximum absolute atomic E-state index is 12.1. The number of hydrogen-bond donors (Lipinski definition) is 0. The number of halogens is 4. The molecule has 0 fully saturated rings. The summed E-state index contributed by atoms with van der Waals surface area (Å²) in [4.78, 5) is 10.8. The first-order valence-corrected chi connectivity index (χ1v) is 5.36. The Hall–Kier alpha value is -1.49. The predicted molar refractivity (Wildman–Crippen MR) is 61.2 cm³/mol. The highest BCUT2D eigenvalue weighted by molar-refractivity contribution is 6.30. The fourth-order valence-electron chi connectivity index (χ4n) is 1.28. The van der Waals surface area contributed by atoms with Crippen LogP contribution in [0.4, 0.5) is 13.2 Å². The van der Waals surface area contributed by atoms with Gasteiger partial charge in [-0.3, -0.25) is 0 Å². The molecule has 0 heterocycles. The number of carbonyl (C=O) groups is 1. The Morgan fingerprint density at radius 2 is 1.94 bits per heavy atom. The van der Waals surface area contributed by atoms with Crippen molar-refractivity contribution in [2.24, 2.45) is 0 Å². The van der Waals surface area contributed by atoms with Crippen LogP contribution in [-0.4, -0.2) is 12.1 Å². The zero-order chi connectivity index (χ0) is 13.8. The molecule has 0 radical (unpaired) electrons. The van der Waals surface area contributed by atoms with Crippen molar-refractivity contribution < 1.29 is 22.7 Å². The lowest BCUT2D eigenvalue weighted by Gasteiger charge is -2.17. The van der Waals surface area contributed by atoms with E-state index in [2.05, 4.69) is 11.3 Å². The standard InChI is InChI=1S/C12H10ClF3O2/c1-2-3-10(18-11(17)12(14,15)16)8-4-6-9(13)7-5-8/h2,4-7,10H,1,3H2. The highest BCUT2D eigenvalue weighted by Crippen LogP contribution is 2.27. The highest BCUT2D eigenvalue weighted by Gasteiger charge is 2.42. The van der Waals surface area contributed by atoms with E-state index in [0.29, 0.717) is 10.6 Å². The molecule has 0 bridgehead atoms. The van der Waals surface area contributed by atoms with Crippen LogP contribution in [-0.2, 0) is 9.53 Å². The first-order valence-electron chi connectivity index (χ1n) is 4.98. The average Bonchev–Trinajstić information content (AvgIpc) is 2.28. The third kappa shape index (κ3) is 4.07. The second-order valence-electron chi connectivity index (χ2n) is 3.47. The molecule has 98 valence electrons. The fraction of sp³-hybridized carbons (Fsp3) is 0.250. The Balaban J connectivity index is 2.86. The van der Waals surface area contributed by atoms with Crippen LogP contribution in [0, 0.1) is 0 Å². The third-order valence-corrected chi connectivity index (χ3v) is 2.36. The number of alkyl halides is 3. The number of hydrogen-bond acceptors (Lipinski definition) is 2. The zero-order valence-electron chi connectivity index (χ0n) is 9.21. The van der Waals surface area contributed by atoms with Crippen LogP contribution in [0.25, 0.3) is 0 Å². The number of esters is 1. The number of benzene rings is 1. The maximum Gasteiger partial charge on any atom is 0.490 e. The molecular formula is C12H10ClF3O2. The van der Waals surface area contributed by atoms with E-state index in [1.807, 2.05) is 0 Å². The van der Waals surface area contributed by atoms with Crippen LogP contribution in [0.3, 0.4) is 0 Å². The van der Waals surface area contributed by atoms with Gasteiger partial charge in [-0.1, -0.05) is 29.8 Å². The summed E-state index contributed by atoms with van der Waals surface area (Å²) >= 11 is 5.66.